The predicted octanol–water partition coefficient (Wildman–Crippen LogP) is 2.17. The zero-order chi connectivity index (χ0) is 12.4. The second-order valence-electron chi connectivity index (χ2n) is 3.47. The Hall–Kier alpha value is -2.43. The summed E-state index contributed by atoms with van der Waals surface area (Å²) in [4.78, 5) is 14.5. The quantitative estimate of drug-likeness (QED) is 0.831. The van der Waals surface area contributed by atoms with Crippen molar-refractivity contribution >= 4 is 11.8 Å². The summed E-state index contributed by atoms with van der Waals surface area (Å²) >= 11 is 0. The second-order valence-corrected chi connectivity index (χ2v) is 3.47. The molecule has 0 unspecified atom stereocenters. The highest BCUT2D eigenvalue weighted by molar-refractivity contribution is 5.88. The molecule has 1 aromatic heterocycles. The molecule has 1 heterocycles. The van der Waals surface area contributed by atoms with Crippen LogP contribution in [0.2, 0.25) is 0 Å². The van der Waals surface area contributed by atoms with Gasteiger partial charge in [-0.25, -0.2) is 14.2 Å². The van der Waals surface area contributed by atoms with Crippen molar-refractivity contribution in [1.29, 1.82) is 0 Å². The number of carboxylic acid groups (broad SMARTS) is 1. The number of pyridine rings is 1. The van der Waals surface area contributed by atoms with E-state index in [2.05, 4.69) is 4.98 Å². The van der Waals surface area contributed by atoms with E-state index in [0.717, 1.165) is 6.07 Å². The van der Waals surface area contributed by atoms with Gasteiger partial charge in [0, 0.05) is 11.8 Å². The van der Waals surface area contributed by atoms with Gasteiger partial charge < -0.3 is 10.8 Å². The van der Waals surface area contributed by atoms with Crippen LogP contribution in [0.15, 0.2) is 36.5 Å². The average Bonchev–Trinajstić information content (AvgIpc) is 2.29. The number of carbonyl (C=O) groups is 1. The number of carboxylic acids is 1. The Morgan fingerprint density at radius 2 is 1.94 bits per heavy atom. The highest BCUT2D eigenvalue weighted by Crippen LogP contribution is 2.21. The third-order valence-electron chi connectivity index (χ3n) is 2.32. The van der Waals surface area contributed by atoms with Crippen LogP contribution in [-0.2, 0) is 0 Å². The van der Waals surface area contributed by atoms with Crippen LogP contribution >= 0.6 is 0 Å². The minimum absolute atomic E-state index is 0.350. The number of nitrogens with zero attached hydrogens (tertiary/aromatic N) is 1. The first kappa shape index (κ1) is 11.1. The molecule has 2 rings (SSSR count). The van der Waals surface area contributed by atoms with Crippen LogP contribution in [0.4, 0.5) is 10.2 Å². The fourth-order valence-electron chi connectivity index (χ4n) is 1.44. The molecule has 0 saturated carbocycles. The molecule has 0 aliphatic carbocycles. The molecule has 0 bridgehead atoms. The van der Waals surface area contributed by atoms with E-state index in [0.29, 0.717) is 16.9 Å². The molecule has 0 atom stereocenters. The molecule has 1 aromatic carbocycles. The number of nitrogen functional groups attached to an aromatic ring is 1. The van der Waals surface area contributed by atoms with E-state index >= 15 is 0 Å². The lowest BCUT2D eigenvalue weighted by Crippen LogP contribution is -2.00. The average molecular weight is 232 g/mol. The van der Waals surface area contributed by atoms with Gasteiger partial charge in [0.2, 0.25) is 0 Å². The van der Waals surface area contributed by atoms with Crippen LogP contribution in [-0.4, -0.2) is 16.1 Å². The van der Waals surface area contributed by atoms with E-state index < -0.39 is 11.8 Å². The van der Waals surface area contributed by atoms with Crippen molar-refractivity contribution < 1.29 is 14.3 Å². The van der Waals surface area contributed by atoms with Gasteiger partial charge in [-0.3, -0.25) is 0 Å². The lowest BCUT2D eigenvalue weighted by Gasteiger charge is -2.03. The van der Waals surface area contributed by atoms with Crippen molar-refractivity contribution in [3.05, 3.63) is 47.9 Å². The van der Waals surface area contributed by atoms with E-state index in [4.69, 9.17) is 10.8 Å². The molecule has 0 spiro atoms. The van der Waals surface area contributed by atoms with E-state index in [1.807, 2.05) is 0 Å². The van der Waals surface area contributed by atoms with Gasteiger partial charge in [-0.15, -0.1) is 0 Å². The lowest BCUT2D eigenvalue weighted by molar-refractivity contribution is 0.0692. The van der Waals surface area contributed by atoms with Crippen molar-refractivity contribution in [3.63, 3.8) is 0 Å². The normalized spacial score (nSPS) is 10.2. The Morgan fingerprint density at radius 1 is 1.24 bits per heavy atom. The molecular formula is C12H9FN2O2. The minimum Gasteiger partial charge on any atom is -0.478 e. The molecule has 5 heteroatoms. The van der Waals surface area contributed by atoms with Gasteiger partial charge in [0.05, 0.1) is 5.56 Å². The maximum atomic E-state index is 13.4. The Bertz CT molecular complexity index is 567. The standard InChI is InChI=1S/C12H9FN2O2/c13-10-5-7(1-3-9(10)12(16)17)8-2-4-11(14)15-6-8/h1-6H,(H2,14,15)(H,16,17). The summed E-state index contributed by atoms with van der Waals surface area (Å²) in [6.45, 7) is 0. The molecule has 0 radical (unpaired) electrons. The third kappa shape index (κ3) is 2.23. The first-order chi connectivity index (χ1) is 8.08. The van der Waals surface area contributed by atoms with E-state index in [9.17, 15) is 9.18 Å². The van der Waals surface area contributed by atoms with Gasteiger partial charge in [0.1, 0.15) is 11.6 Å². The van der Waals surface area contributed by atoms with Crippen LogP contribution in [0.5, 0.6) is 0 Å². The zero-order valence-corrected chi connectivity index (χ0v) is 8.72. The van der Waals surface area contributed by atoms with Crippen LogP contribution < -0.4 is 5.73 Å². The first-order valence-electron chi connectivity index (χ1n) is 4.82. The largest absolute Gasteiger partial charge is 0.478 e. The summed E-state index contributed by atoms with van der Waals surface area (Å²) in [5.41, 5.74) is 6.32. The van der Waals surface area contributed by atoms with Crippen LogP contribution in [0, 0.1) is 5.82 Å². The van der Waals surface area contributed by atoms with Gasteiger partial charge in [-0.2, -0.15) is 0 Å². The maximum absolute atomic E-state index is 13.4. The van der Waals surface area contributed by atoms with Gasteiger partial charge >= 0.3 is 5.97 Å². The number of hydrogen-bond acceptors (Lipinski definition) is 3. The molecule has 2 aromatic rings. The highest BCUT2D eigenvalue weighted by Gasteiger charge is 2.11. The molecule has 17 heavy (non-hydrogen) atoms. The van der Waals surface area contributed by atoms with Crippen molar-refractivity contribution in [1.82, 2.24) is 4.98 Å². The topological polar surface area (TPSA) is 76.2 Å². The monoisotopic (exact) mass is 232 g/mol. The Labute approximate surface area is 96.5 Å². The molecule has 0 fully saturated rings. The summed E-state index contributed by atoms with van der Waals surface area (Å²) in [6.07, 6.45) is 1.50. The first-order valence-corrected chi connectivity index (χ1v) is 4.82. The predicted molar refractivity (Wildman–Crippen MR) is 61.0 cm³/mol. The van der Waals surface area contributed by atoms with Crippen LogP contribution in [0.25, 0.3) is 11.1 Å². The van der Waals surface area contributed by atoms with Crippen molar-refractivity contribution in [2.45, 2.75) is 0 Å². The summed E-state index contributed by atoms with van der Waals surface area (Å²) in [6, 6.07) is 7.20. The van der Waals surface area contributed by atoms with Crippen molar-refractivity contribution in [2.24, 2.45) is 0 Å². The van der Waals surface area contributed by atoms with Crippen LogP contribution in [0.3, 0.4) is 0 Å². The molecule has 86 valence electrons. The Morgan fingerprint density at radius 3 is 2.47 bits per heavy atom. The van der Waals surface area contributed by atoms with Crippen LogP contribution in [0.1, 0.15) is 10.4 Å². The molecule has 0 aliphatic heterocycles. The number of hydrogen-bond donors (Lipinski definition) is 2. The number of halogens is 1. The number of nitrogens with two attached hydrogens (primary N) is 1. The SMILES string of the molecule is Nc1ccc(-c2ccc(C(=O)O)c(F)c2)cn1. The van der Waals surface area contributed by atoms with Crippen molar-refractivity contribution in [2.75, 3.05) is 5.73 Å². The van der Waals surface area contributed by atoms with Gasteiger partial charge in [0.15, 0.2) is 0 Å². The number of aromatic carboxylic acids is 1. The zero-order valence-electron chi connectivity index (χ0n) is 8.72. The summed E-state index contributed by atoms with van der Waals surface area (Å²) < 4.78 is 13.4. The smallest absolute Gasteiger partial charge is 0.338 e. The number of benzene rings is 1. The lowest BCUT2D eigenvalue weighted by atomic mass is 10.1. The molecular weight excluding hydrogens is 223 g/mol. The van der Waals surface area contributed by atoms with E-state index in [1.165, 1.54) is 18.3 Å². The summed E-state index contributed by atoms with van der Waals surface area (Å²) in [7, 11) is 0. The molecule has 3 N–H and O–H groups in total. The van der Waals surface area contributed by atoms with E-state index in [1.54, 1.807) is 12.1 Å². The highest BCUT2D eigenvalue weighted by atomic mass is 19.1. The third-order valence-corrected chi connectivity index (χ3v) is 2.32. The van der Waals surface area contributed by atoms with Crippen molar-refractivity contribution in [3.8, 4) is 11.1 Å². The maximum Gasteiger partial charge on any atom is 0.338 e. The molecule has 4 nitrogen and oxygen atoms in total. The van der Waals surface area contributed by atoms with Gasteiger partial charge in [-0.05, 0) is 29.8 Å². The second kappa shape index (κ2) is 4.21. The minimum atomic E-state index is -1.29. The number of rotatable bonds is 2. The number of aromatic nitrogens is 1. The summed E-state index contributed by atoms with van der Waals surface area (Å²) in [5, 5.41) is 8.69. The van der Waals surface area contributed by atoms with Gasteiger partial charge in [0.25, 0.3) is 0 Å². The summed E-state index contributed by atoms with van der Waals surface area (Å²) in [5.74, 6) is -1.69. The fraction of sp³-hybridized carbons (Fsp3) is 0. The number of anilines is 1. The molecule has 0 aliphatic rings. The fourth-order valence-corrected chi connectivity index (χ4v) is 1.44. The Balaban J connectivity index is 2.44. The molecule has 0 saturated heterocycles. The molecule has 0 amide bonds. The van der Waals surface area contributed by atoms with Gasteiger partial charge in [-0.1, -0.05) is 6.07 Å². The Kier molecular flexibility index (Phi) is 2.74. The van der Waals surface area contributed by atoms with E-state index in [-0.39, 0.29) is 5.56 Å².